The Labute approximate surface area is 223 Å². The standard InChI is InChI=1S/C25H18Br2ClNO4S/c1-32-21-11-16(10-19(27)23(21)33-14-15-6-8-18(26)9-7-15)12-22-24(30)29(25(31)34-22)13-17-4-2-3-5-20(17)28/h2-12H,13-14H2,1H3/b22-12+. The van der Waals surface area contributed by atoms with Crippen molar-refractivity contribution in [3.8, 4) is 11.5 Å². The molecule has 0 aromatic heterocycles. The summed E-state index contributed by atoms with van der Waals surface area (Å²) in [5, 5.41) is 0.176. The molecule has 1 fully saturated rings. The van der Waals surface area contributed by atoms with Crippen LogP contribution in [0.15, 0.2) is 74.5 Å². The number of hydrogen-bond donors (Lipinski definition) is 0. The van der Waals surface area contributed by atoms with E-state index in [2.05, 4.69) is 31.9 Å². The van der Waals surface area contributed by atoms with Gasteiger partial charge in [0.2, 0.25) is 0 Å². The number of carbonyl (C=O) groups excluding carboxylic acids is 2. The fraction of sp³-hybridized carbons (Fsp3) is 0.120. The molecule has 1 saturated heterocycles. The number of halogens is 3. The van der Waals surface area contributed by atoms with Crippen molar-refractivity contribution in [2.24, 2.45) is 0 Å². The minimum Gasteiger partial charge on any atom is -0.493 e. The van der Waals surface area contributed by atoms with Crippen LogP contribution in [0.5, 0.6) is 11.5 Å². The zero-order chi connectivity index (χ0) is 24.2. The van der Waals surface area contributed by atoms with Crippen molar-refractivity contribution in [2.45, 2.75) is 13.2 Å². The Morgan fingerprint density at radius 1 is 1.06 bits per heavy atom. The Morgan fingerprint density at radius 3 is 2.50 bits per heavy atom. The second-order valence-electron chi connectivity index (χ2n) is 7.31. The second kappa shape index (κ2) is 11.0. The molecule has 0 saturated carbocycles. The number of thioether (sulfide) groups is 1. The molecule has 1 aliphatic heterocycles. The lowest BCUT2D eigenvalue weighted by molar-refractivity contribution is -0.123. The lowest BCUT2D eigenvalue weighted by atomic mass is 10.1. The zero-order valence-corrected chi connectivity index (χ0v) is 22.6. The van der Waals surface area contributed by atoms with Crippen molar-refractivity contribution in [3.05, 3.63) is 96.2 Å². The van der Waals surface area contributed by atoms with Crippen LogP contribution >= 0.6 is 55.2 Å². The molecule has 0 bridgehead atoms. The highest BCUT2D eigenvalue weighted by atomic mass is 79.9. The Morgan fingerprint density at radius 2 is 1.79 bits per heavy atom. The van der Waals surface area contributed by atoms with Crippen LogP contribution in [-0.4, -0.2) is 23.2 Å². The summed E-state index contributed by atoms with van der Waals surface area (Å²) < 4.78 is 13.2. The third kappa shape index (κ3) is 5.68. The van der Waals surface area contributed by atoms with Crippen molar-refractivity contribution in [1.29, 1.82) is 0 Å². The number of nitrogens with zero attached hydrogens (tertiary/aromatic N) is 1. The molecule has 1 aliphatic rings. The quantitative estimate of drug-likeness (QED) is 0.253. The fourth-order valence-corrected chi connectivity index (χ4v) is 5.16. The maximum Gasteiger partial charge on any atom is 0.293 e. The summed E-state index contributed by atoms with van der Waals surface area (Å²) in [6.07, 6.45) is 1.67. The van der Waals surface area contributed by atoms with Gasteiger partial charge in [0.15, 0.2) is 11.5 Å². The SMILES string of the molecule is COc1cc(/C=C2/SC(=O)N(Cc3ccccc3Cl)C2=O)cc(Br)c1OCc1ccc(Br)cc1. The normalized spacial score (nSPS) is 14.7. The first-order chi connectivity index (χ1) is 16.4. The molecule has 3 aromatic carbocycles. The van der Waals surface area contributed by atoms with E-state index in [1.54, 1.807) is 37.5 Å². The van der Waals surface area contributed by atoms with Crippen molar-refractivity contribution < 1.29 is 19.1 Å². The molecule has 0 radical (unpaired) electrons. The molecular formula is C25H18Br2ClNO4S. The lowest BCUT2D eigenvalue weighted by Gasteiger charge is -2.14. The van der Waals surface area contributed by atoms with Gasteiger partial charge in [-0.25, -0.2) is 0 Å². The minimum atomic E-state index is -0.361. The number of ether oxygens (including phenoxy) is 2. The summed E-state index contributed by atoms with van der Waals surface area (Å²) in [4.78, 5) is 27.0. The lowest BCUT2D eigenvalue weighted by Crippen LogP contribution is -2.27. The van der Waals surface area contributed by atoms with Gasteiger partial charge < -0.3 is 9.47 Å². The van der Waals surface area contributed by atoms with Gasteiger partial charge in [-0.3, -0.25) is 14.5 Å². The molecule has 2 amide bonds. The van der Waals surface area contributed by atoms with E-state index in [0.29, 0.717) is 43.6 Å². The zero-order valence-electron chi connectivity index (χ0n) is 17.9. The molecule has 3 aromatic rings. The van der Waals surface area contributed by atoms with E-state index in [4.69, 9.17) is 21.1 Å². The molecular weight excluding hydrogens is 606 g/mol. The molecule has 0 atom stereocenters. The Hall–Kier alpha value is -2.26. The van der Waals surface area contributed by atoms with Crippen molar-refractivity contribution in [2.75, 3.05) is 7.11 Å². The van der Waals surface area contributed by atoms with E-state index in [1.165, 1.54) is 4.90 Å². The summed E-state index contributed by atoms with van der Waals surface area (Å²) in [6, 6.07) is 18.6. The molecule has 174 valence electrons. The highest BCUT2D eigenvalue weighted by molar-refractivity contribution is 9.10. The first-order valence-corrected chi connectivity index (χ1v) is 12.9. The molecule has 0 aliphatic carbocycles. The Balaban J connectivity index is 1.53. The number of benzene rings is 3. The van der Waals surface area contributed by atoms with Crippen LogP contribution in [0.3, 0.4) is 0 Å². The van der Waals surface area contributed by atoms with Crippen LogP contribution in [0.25, 0.3) is 6.08 Å². The summed E-state index contributed by atoms with van der Waals surface area (Å²) in [7, 11) is 1.55. The molecule has 0 N–H and O–H groups in total. The summed E-state index contributed by atoms with van der Waals surface area (Å²) in [5.41, 5.74) is 2.42. The number of rotatable bonds is 7. The van der Waals surface area contributed by atoms with Crippen LogP contribution in [-0.2, 0) is 17.9 Å². The molecule has 0 unspecified atom stereocenters. The molecule has 1 heterocycles. The minimum absolute atomic E-state index is 0.123. The molecule has 4 rings (SSSR count). The highest BCUT2D eigenvalue weighted by Gasteiger charge is 2.35. The van der Waals surface area contributed by atoms with Crippen LogP contribution in [0.1, 0.15) is 16.7 Å². The fourth-order valence-electron chi connectivity index (χ4n) is 3.28. The van der Waals surface area contributed by atoms with E-state index in [-0.39, 0.29) is 17.7 Å². The van der Waals surface area contributed by atoms with Gasteiger partial charge in [-0.2, -0.15) is 0 Å². The Bertz CT molecular complexity index is 1280. The second-order valence-corrected chi connectivity index (χ2v) is 10.5. The summed E-state index contributed by atoms with van der Waals surface area (Å²) in [5.74, 6) is 0.697. The molecule has 5 nitrogen and oxygen atoms in total. The predicted molar refractivity (Wildman–Crippen MR) is 142 cm³/mol. The van der Waals surface area contributed by atoms with Crippen molar-refractivity contribution in [1.82, 2.24) is 4.90 Å². The first kappa shape index (κ1) is 24.9. The molecule has 34 heavy (non-hydrogen) atoms. The highest BCUT2D eigenvalue weighted by Crippen LogP contribution is 2.40. The van der Waals surface area contributed by atoms with E-state index in [9.17, 15) is 9.59 Å². The third-order valence-corrected chi connectivity index (χ3v) is 7.40. The third-order valence-electron chi connectivity index (χ3n) is 5.01. The topological polar surface area (TPSA) is 55.8 Å². The van der Waals surface area contributed by atoms with Gasteiger partial charge in [-0.1, -0.05) is 57.9 Å². The molecule has 0 spiro atoms. The van der Waals surface area contributed by atoms with E-state index >= 15 is 0 Å². The largest absolute Gasteiger partial charge is 0.493 e. The average Bonchev–Trinajstić information content (AvgIpc) is 3.07. The number of carbonyl (C=O) groups is 2. The predicted octanol–water partition coefficient (Wildman–Crippen LogP) is 7.69. The van der Waals surface area contributed by atoms with Crippen molar-refractivity contribution in [3.63, 3.8) is 0 Å². The smallest absolute Gasteiger partial charge is 0.293 e. The van der Waals surface area contributed by atoms with E-state index < -0.39 is 0 Å². The van der Waals surface area contributed by atoms with Crippen LogP contribution < -0.4 is 9.47 Å². The Kier molecular flexibility index (Phi) is 8.03. The van der Waals surface area contributed by atoms with E-state index in [0.717, 1.165) is 21.8 Å². The summed E-state index contributed by atoms with van der Waals surface area (Å²) in [6.45, 7) is 0.486. The van der Waals surface area contributed by atoms with Gasteiger partial charge in [0.25, 0.3) is 11.1 Å². The molecule has 9 heteroatoms. The van der Waals surface area contributed by atoms with Crippen LogP contribution in [0, 0.1) is 0 Å². The van der Waals surface area contributed by atoms with Crippen molar-refractivity contribution >= 4 is 72.4 Å². The van der Waals surface area contributed by atoms with Gasteiger partial charge >= 0.3 is 0 Å². The first-order valence-electron chi connectivity index (χ1n) is 10.1. The number of methoxy groups -OCH3 is 1. The number of imide groups is 1. The maximum atomic E-state index is 12.9. The van der Waals surface area contributed by atoms with Gasteiger partial charge in [0.05, 0.1) is 23.0 Å². The van der Waals surface area contributed by atoms with Gasteiger partial charge in [-0.05, 0) is 80.8 Å². The van der Waals surface area contributed by atoms with Gasteiger partial charge in [0.1, 0.15) is 6.61 Å². The van der Waals surface area contributed by atoms with Crippen LogP contribution in [0.2, 0.25) is 5.02 Å². The van der Waals surface area contributed by atoms with E-state index in [1.807, 2.05) is 36.4 Å². The average molecular weight is 624 g/mol. The van der Waals surface area contributed by atoms with Crippen LogP contribution in [0.4, 0.5) is 4.79 Å². The number of hydrogen-bond acceptors (Lipinski definition) is 5. The monoisotopic (exact) mass is 621 g/mol. The van der Waals surface area contributed by atoms with Gasteiger partial charge in [-0.15, -0.1) is 0 Å². The summed E-state index contributed by atoms with van der Waals surface area (Å²) >= 11 is 14.1. The number of amides is 2. The maximum absolute atomic E-state index is 12.9. The van der Waals surface area contributed by atoms with Gasteiger partial charge in [0, 0.05) is 9.50 Å².